The standard InChI is InChI=1S/C10H17N3O4S/c1-7(2)17-4-3-13-8(5-14)11-12-10(13)18-6-9(15)16/h7,14H,3-6H2,1-2H3,(H,15,16). The summed E-state index contributed by atoms with van der Waals surface area (Å²) in [4.78, 5) is 10.5. The van der Waals surface area contributed by atoms with Gasteiger partial charge in [-0.2, -0.15) is 0 Å². The van der Waals surface area contributed by atoms with E-state index in [0.29, 0.717) is 24.1 Å². The second-order valence-corrected chi connectivity index (χ2v) is 4.75. The van der Waals surface area contributed by atoms with Gasteiger partial charge in [-0.3, -0.25) is 4.79 Å². The van der Waals surface area contributed by atoms with Gasteiger partial charge < -0.3 is 19.5 Å². The summed E-state index contributed by atoms with van der Waals surface area (Å²) in [6.07, 6.45) is 0.120. The Balaban J connectivity index is 2.65. The van der Waals surface area contributed by atoms with Crippen molar-refractivity contribution < 1.29 is 19.7 Å². The monoisotopic (exact) mass is 275 g/mol. The zero-order valence-corrected chi connectivity index (χ0v) is 11.2. The third-order valence-electron chi connectivity index (χ3n) is 2.03. The maximum absolute atomic E-state index is 10.5. The molecule has 1 heterocycles. The van der Waals surface area contributed by atoms with Gasteiger partial charge in [0.25, 0.3) is 0 Å². The van der Waals surface area contributed by atoms with Gasteiger partial charge in [-0.15, -0.1) is 10.2 Å². The van der Waals surface area contributed by atoms with Crippen LogP contribution >= 0.6 is 11.8 Å². The molecule has 0 radical (unpaired) electrons. The number of aromatic nitrogens is 3. The van der Waals surface area contributed by atoms with Crippen LogP contribution in [-0.2, 0) is 22.7 Å². The Morgan fingerprint density at radius 2 is 2.22 bits per heavy atom. The van der Waals surface area contributed by atoms with Crippen molar-refractivity contribution in [3.63, 3.8) is 0 Å². The SMILES string of the molecule is CC(C)OCCn1c(CO)nnc1SCC(=O)O. The molecule has 0 fully saturated rings. The molecule has 0 aromatic carbocycles. The van der Waals surface area contributed by atoms with Crippen LogP contribution in [0, 0.1) is 0 Å². The van der Waals surface area contributed by atoms with Gasteiger partial charge in [-0.1, -0.05) is 11.8 Å². The molecule has 8 heteroatoms. The molecule has 0 saturated heterocycles. The highest BCUT2D eigenvalue weighted by Crippen LogP contribution is 2.16. The van der Waals surface area contributed by atoms with Crippen molar-refractivity contribution in [3.8, 4) is 0 Å². The van der Waals surface area contributed by atoms with Crippen molar-refractivity contribution in [1.29, 1.82) is 0 Å². The number of thioether (sulfide) groups is 1. The Labute approximate surface area is 109 Å². The molecule has 0 saturated carbocycles. The first-order chi connectivity index (χ1) is 8.54. The number of aliphatic hydroxyl groups excluding tert-OH is 1. The Kier molecular flexibility index (Phi) is 6.10. The largest absolute Gasteiger partial charge is 0.481 e. The van der Waals surface area contributed by atoms with Crippen molar-refractivity contribution >= 4 is 17.7 Å². The Bertz CT molecular complexity index is 394. The minimum Gasteiger partial charge on any atom is -0.481 e. The lowest BCUT2D eigenvalue weighted by atomic mass is 10.5. The van der Waals surface area contributed by atoms with E-state index >= 15 is 0 Å². The third-order valence-corrected chi connectivity index (χ3v) is 2.98. The van der Waals surface area contributed by atoms with Gasteiger partial charge in [0.1, 0.15) is 6.61 Å². The number of carboxylic acid groups (broad SMARTS) is 1. The van der Waals surface area contributed by atoms with Crippen LogP contribution in [-0.4, -0.2) is 49.4 Å². The van der Waals surface area contributed by atoms with E-state index in [9.17, 15) is 4.79 Å². The van der Waals surface area contributed by atoms with Gasteiger partial charge in [0.15, 0.2) is 11.0 Å². The topological polar surface area (TPSA) is 97.5 Å². The fourth-order valence-corrected chi connectivity index (χ4v) is 1.98. The first-order valence-electron chi connectivity index (χ1n) is 5.53. The predicted octanol–water partition coefficient (Wildman–Crippen LogP) is 0.372. The fraction of sp³-hybridized carbons (Fsp3) is 0.700. The summed E-state index contributed by atoms with van der Waals surface area (Å²) in [6, 6.07) is 0. The summed E-state index contributed by atoms with van der Waals surface area (Å²) in [5, 5.41) is 25.9. The van der Waals surface area contributed by atoms with Crippen molar-refractivity contribution in [2.24, 2.45) is 0 Å². The zero-order valence-electron chi connectivity index (χ0n) is 10.4. The molecule has 0 bridgehead atoms. The van der Waals surface area contributed by atoms with E-state index in [4.69, 9.17) is 14.9 Å². The second-order valence-electron chi connectivity index (χ2n) is 3.81. The molecule has 0 aliphatic heterocycles. The molecule has 0 spiro atoms. The van der Waals surface area contributed by atoms with E-state index in [1.54, 1.807) is 4.57 Å². The van der Waals surface area contributed by atoms with E-state index in [2.05, 4.69) is 10.2 Å². The first kappa shape index (κ1) is 14.9. The number of rotatable bonds is 8. The molecule has 1 rings (SSSR count). The van der Waals surface area contributed by atoms with E-state index in [0.717, 1.165) is 11.8 Å². The van der Waals surface area contributed by atoms with Gasteiger partial charge >= 0.3 is 5.97 Å². The Morgan fingerprint density at radius 1 is 1.50 bits per heavy atom. The highest BCUT2D eigenvalue weighted by molar-refractivity contribution is 7.99. The molecule has 0 unspecified atom stereocenters. The molecule has 0 atom stereocenters. The average molecular weight is 275 g/mol. The maximum Gasteiger partial charge on any atom is 0.313 e. The molecular formula is C10H17N3O4S. The number of carboxylic acids is 1. The van der Waals surface area contributed by atoms with E-state index < -0.39 is 5.97 Å². The number of aliphatic carboxylic acids is 1. The summed E-state index contributed by atoms with van der Waals surface area (Å²) in [7, 11) is 0. The number of carbonyl (C=O) groups is 1. The zero-order chi connectivity index (χ0) is 13.5. The fourth-order valence-electron chi connectivity index (χ4n) is 1.27. The number of nitrogens with zero attached hydrogens (tertiary/aromatic N) is 3. The molecule has 7 nitrogen and oxygen atoms in total. The van der Waals surface area contributed by atoms with Crippen molar-refractivity contribution in [2.75, 3.05) is 12.4 Å². The lowest BCUT2D eigenvalue weighted by Crippen LogP contribution is -2.14. The molecule has 0 aliphatic carbocycles. The molecular weight excluding hydrogens is 258 g/mol. The van der Waals surface area contributed by atoms with Gasteiger partial charge in [0.2, 0.25) is 0 Å². The van der Waals surface area contributed by atoms with Crippen molar-refractivity contribution in [3.05, 3.63) is 5.82 Å². The van der Waals surface area contributed by atoms with Crippen LogP contribution in [0.25, 0.3) is 0 Å². The second kappa shape index (κ2) is 7.34. The third kappa shape index (κ3) is 4.63. The van der Waals surface area contributed by atoms with Crippen LogP contribution in [0.3, 0.4) is 0 Å². The molecule has 102 valence electrons. The average Bonchev–Trinajstić information content (AvgIpc) is 2.68. The minimum absolute atomic E-state index is 0.0887. The molecule has 0 aliphatic rings. The Morgan fingerprint density at radius 3 is 2.78 bits per heavy atom. The molecule has 0 amide bonds. The van der Waals surface area contributed by atoms with E-state index in [1.165, 1.54) is 0 Å². The van der Waals surface area contributed by atoms with Crippen LogP contribution in [0.15, 0.2) is 5.16 Å². The van der Waals surface area contributed by atoms with E-state index in [-0.39, 0.29) is 18.5 Å². The first-order valence-corrected chi connectivity index (χ1v) is 6.52. The van der Waals surface area contributed by atoms with Crippen LogP contribution in [0.2, 0.25) is 0 Å². The van der Waals surface area contributed by atoms with E-state index in [1.807, 2.05) is 13.8 Å². The summed E-state index contributed by atoms with van der Waals surface area (Å²) in [5.41, 5.74) is 0. The van der Waals surface area contributed by atoms with Crippen molar-refractivity contribution in [1.82, 2.24) is 14.8 Å². The molecule has 1 aromatic heterocycles. The lowest BCUT2D eigenvalue weighted by Gasteiger charge is -2.10. The summed E-state index contributed by atoms with van der Waals surface area (Å²) < 4.78 is 7.09. The molecule has 18 heavy (non-hydrogen) atoms. The number of hydrogen-bond acceptors (Lipinski definition) is 6. The summed E-state index contributed by atoms with van der Waals surface area (Å²) >= 11 is 1.07. The predicted molar refractivity (Wildman–Crippen MR) is 65.4 cm³/mol. The quantitative estimate of drug-likeness (QED) is 0.661. The van der Waals surface area contributed by atoms with Gasteiger partial charge in [-0.25, -0.2) is 0 Å². The minimum atomic E-state index is -0.918. The van der Waals surface area contributed by atoms with Gasteiger partial charge in [-0.05, 0) is 13.8 Å². The van der Waals surface area contributed by atoms with Crippen molar-refractivity contribution in [2.45, 2.75) is 38.3 Å². The number of aliphatic hydroxyl groups is 1. The Hall–Kier alpha value is -1.12. The van der Waals surface area contributed by atoms with Crippen LogP contribution in [0.1, 0.15) is 19.7 Å². The smallest absolute Gasteiger partial charge is 0.313 e. The highest BCUT2D eigenvalue weighted by Gasteiger charge is 2.13. The summed E-state index contributed by atoms with van der Waals surface area (Å²) in [5.74, 6) is -0.594. The molecule has 1 aromatic rings. The normalized spacial score (nSPS) is 11.1. The van der Waals surface area contributed by atoms with Crippen LogP contribution < -0.4 is 0 Å². The lowest BCUT2D eigenvalue weighted by molar-refractivity contribution is -0.133. The van der Waals surface area contributed by atoms with Crippen LogP contribution in [0.5, 0.6) is 0 Å². The van der Waals surface area contributed by atoms with Gasteiger partial charge in [0.05, 0.1) is 18.5 Å². The number of hydrogen-bond donors (Lipinski definition) is 2. The highest BCUT2D eigenvalue weighted by atomic mass is 32.2. The summed E-state index contributed by atoms with van der Waals surface area (Å²) in [6.45, 7) is 4.58. The maximum atomic E-state index is 10.5. The number of ether oxygens (including phenoxy) is 1. The van der Waals surface area contributed by atoms with Crippen LogP contribution in [0.4, 0.5) is 0 Å². The molecule has 2 N–H and O–H groups in total. The van der Waals surface area contributed by atoms with Gasteiger partial charge in [0, 0.05) is 6.54 Å².